The Kier molecular flexibility index (Phi) is 5.16. The van der Waals surface area contributed by atoms with Crippen molar-refractivity contribution in [1.29, 1.82) is 0 Å². The third-order valence-corrected chi connectivity index (χ3v) is 5.80. The number of morpholine rings is 1. The highest BCUT2D eigenvalue weighted by molar-refractivity contribution is 5.81. The number of hydrogen-bond acceptors (Lipinski definition) is 7. The van der Waals surface area contributed by atoms with Crippen LogP contribution in [0.2, 0.25) is 0 Å². The normalized spacial score (nSPS) is 18.7. The Morgan fingerprint density at radius 3 is 2.70 bits per heavy atom. The van der Waals surface area contributed by atoms with Crippen LogP contribution in [-0.4, -0.2) is 60.7 Å². The minimum absolute atomic E-state index is 0.197. The van der Waals surface area contributed by atoms with Crippen LogP contribution in [0.15, 0.2) is 24.3 Å². The maximum atomic E-state index is 12.6. The number of anilines is 1. The molecule has 5 rings (SSSR count). The number of carbonyl (C=O) groups is 1. The van der Waals surface area contributed by atoms with Gasteiger partial charge in [-0.2, -0.15) is 4.98 Å². The number of aromatic nitrogens is 2. The number of nitrogens with zero attached hydrogens (tertiary/aromatic N) is 4. The summed E-state index contributed by atoms with van der Waals surface area (Å²) < 4.78 is 17.0. The van der Waals surface area contributed by atoms with Crippen molar-refractivity contribution < 1.29 is 19.0 Å². The minimum Gasteiger partial charge on any atom is -0.497 e. The van der Waals surface area contributed by atoms with Gasteiger partial charge in [0, 0.05) is 38.0 Å². The van der Waals surface area contributed by atoms with E-state index in [2.05, 4.69) is 4.90 Å². The van der Waals surface area contributed by atoms with Crippen molar-refractivity contribution in [2.24, 2.45) is 5.92 Å². The number of hydrogen-bond donors (Lipinski definition) is 0. The molecule has 1 aliphatic carbocycles. The van der Waals surface area contributed by atoms with Crippen molar-refractivity contribution in [2.45, 2.75) is 25.8 Å². The molecular formula is C22H26N4O4. The summed E-state index contributed by atoms with van der Waals surface area (Å²) in [6.45, 7) is 4.02. The van der Waals surface area contributed by atoms with Gasteiger partial charge in [0.1, 0.15) is 11.5 Å². The first kappa shape index (κ1) is 19.1. The maximum absolute atomic E-state index is 12.6. The average molecular weight is 410 g/mol. The van der Waals surface area contributed by atoms with E-state index < -0.39 is 0 Å². The lowest BCUT2D eigenvalue weighted by Crippen LogP contribution is -2.40. The summed E-state index contributed by atoms with van der Waals surface area (Å²) in [6, 6.07) is 7.46. The van der Waals surface area contributed by atoms with E-state index in [-0.39, 0.29) is 11.8 Å². The van der Waals surface area contributed by atoms with E-state index in [0.29, 0.717) is 50.3 Å². The summed E-state index contributed by atoms with van der Waals surface area (Å²) in [5.74, 6) is 2.98. The van der Waals surface area contributed by atoms with Crippen molar-refractivity contribution in [2.75, 3.05) is 44.9 Å². The van der Waals surface area contributed by atoms with Gasteiger partial charge in [-0.3, -0.25) is 4.79 Å². The number of benzene rings is 1. The molecule has 8 heteroatoms. The van der Waals surface area contributed by atoms with E-state index in [1.807, 2.05) is 29.2 Å². The van der Waals surface area contributed by atoms with E-state index in [0.717, 1.165) is 42.9 Å². The van der Waals surface area contributed by atoms with Crippen LogP contribution >= 0.6 is 0 Å². The Morgan fingerprint density at radius 2 is 1.93 bits per heavy atom. The smallest absolute Gasteiger partial charge is 0.229 e. The fourth-order valence-electron chi connectivity index (χ4n) is 3.91. The summed E-state index contributed by atoms with van der Waals surface area (Å²) in [5.41, 5.74) is 1.86. The van der Waals surface area contributed by atoms with Gasteiger partial charge in [0.25, 0.3) is 0 Å². The topological polar surface area (TPSA) is 77.0 Å². The van der Waals surface area contributed by atoms with E-state index in [9.17, 15) is 4.79 Å². The predicted octanol–water partition coefficient (Wildman–Crippen LogP) is 2.41. The molecule has 3 heterocycles. The highest BCUT2D eigenvalue weighted by Crippen LogP contribution is 2.36. The van der Waals surface area contributed by atoms with Gasteiger partial charge < -0.3 is 24.0 Å². The number of amides is 1. The number of methoxy groups -OCH3 is 1. The summed E-state index contributed by atoms with van der Waals surface area (Å²) in [5, 5.41) is 0. The van der Waals surface area contributed by atoms with E-state index in [4.69, 9.17) is 24.2 Å². The highest BCUT2D eigenvalue weighted by atomic mass is 16.5. The molecular weight excluding hydrogens is 384 g/mol. The molecule has 0 N–H and O–H groups in total. The standard InChI is InChI=1S/C22H26N4O4/c1-28-16-3-2-4-17(13-16)30-20-18-14-26(21(27)15-5-6-15)8-7-19(18)23-22(24-20)25-9-11-29-12-10-25/h2-4,13,15H,5-12,14H2,1H3. The third kappa shape index (κ3) is 3.92. The first-order chi connectivity index (χ1) is 14.7. The third-order valence-electron chi connectivity index (χ3n) is 5.80. The summed E-state index contributed by atoms with van der Waals surface area (Å²) in [4.78, 5) is 26.3. The van der Waals surface area contributed by atoms with Crippen LogP contribution in [0.1, 0.15) is 24.1 Å². The molecule has 8 nitrogen and oxygen atoms in total. The van der Waals surface area contributed by atoms with Crippen molar-refractivity contribution in [3.8, 4) is 17.4 Å². The van der Waals surface area contributed by atoms with Crippen molar-refractivity contribution in [1.82, 2.24) is 14.9 Å². The Balaban J connectivity index is 1.49. The van der Waals surface area contributed by atoms with Crippen LogP contribution in [0, 0.1) is 5.92 Å². The zero-order chi connectivity index (χ0) is 20.5. The van der Waals surface area contributed by atoms with Gasteiger partial charge in [0.2, 0.25) is 17.7 Å². The average Bonchev–Trinajstić information content (AvgIpc) is 3.64. The van der Waals surface area contributed by atoms with Gasteiger partial charge in [-0.15, -0.1) is 0 Å². The quantitative estimate of drug-likeness (QED) is 0.749. The Morgan fingerprint density at radius 1 is 1.13 bits per heavy atom. The van der Waals surface area contributed by atoms with Gasteiger partial charge in [-0.25, -0.2) is 4.98 Å². The van der Waals surface area contributed by atoms with Crippen molar-refractivity contribution in [3.63, 3.8) is 0 Å². The van der Waals surface area contributed by atoms with E-state index >= 15 is 0 Å². The van der Waals surface area contributed by atoms with Gasteiger partial charge in [0.05, 0.1) is 38.1 Å². The van der Waals surface area contributed by atoms with Gasteiger partial charge >= 0.3 is 0 Å². The predicted molar refractivity (Wildman–Crippen MR) is 110 cm³/mol. The maximum Gasteiger partial charge on any atom is 0.229 e. The highest BCUT2D eigenvalue weighted by Gasteiger charge is 2.36. The van der Waals surface area contributed by atoms with Crippen LogP contribution in [0.25, 0.3) is 0 Å². The molecule has 3 aliphatic rings. The molecule has 1 amide bonds. The molecule has 1 aromatic heterocycles. The summed E-state index contributed by atoms with van der Waals surface area (Å²) in [7, 11) is 1.63. The number of rotatable bonds is 5. The Hall–Kier alpha value is -2.87. The summed E-state index contributed by atoms with van der Waals surface area (Å²) in [6.07, 6.45) is 2.71. The number of carbonyl (C=O) groups excluding carboxylic acids is 1. The first-order valence-electron chi connectivity index (χ1n) is 10.5. The molecule has 2 aromatic rings. The van der Waals surface area contributed by atoms with Crippen LogP contribution < -0.4 is 14.4 Å². The molecule has 0 atom stereocenters. The van der Waals surface area contributed by atoms with E-state index in [1.54, 1.807) is 7.11 Å². The van der Waals surface area contributed by atoms with Gasteiger partial charge in [-0.1, -0.05) is 6.07 Å². The monoisotopic (exact) mass is 410 g/mol. The van der Waals surface area contributed by atoms with Gasteiger partial charge in [0.15, 0.2) is 0 Å². The second-order valence-corrected chi connectivity index (χ2v) is 7.92. The zero-order valence-electron chi connectivity index (χ0n) is 17.2. The molecule has 158 valence electrons. The number of ether oxygens (including phenoxy) is 3. The zero-order valence-corrected chi connectivity index (χ0v) is 17.2. The fourth-order valence-corrected chi connectivity index (χ4v) is 3.91. The van der Waals surface area contributed by atoms with Crippen LogP contribution in [0.4, 0.5) is 5.95 Å². The molecule has 0 spiro atoms. The fraction of sp³-hybridized carbons (Fsp3) is 0.500. The molecule has 1 saturated heterocycles. The minimum atomic E-state index is 0.197. The SMILES string of the molecule is COc1cccc(Oc2nc(N3CCOCC3)nc3c2CN(C(=O)C2CC2)CC3)c1. The number of fused-ring (bicyclic) bond motifs is 1. The molecule has 0 bridgehead atoms. The lowest BCUT2D eigenvalue weighted by Gasteiger charge is -2.32. The van der Waals surface area contributed by atoms with Crippen LogP contribution in [0.3, 0.4) is 0 Å². The second-order valence-electron chi connectivity index (χ2n) is 7.92. The van der Waals surface area contributed by atoms with Crippen molar-refractivity contribution in [3.05, 3.63) is 35.5 Å². The first-order valence-corrected chi connectivity index (χ1v) is 10.5. The van der Waals surface area contributed by atoms with Crippen molar-refractivity contribution >= 4 is 11.9 Å². The lowest BCUT2D eigenvalue weighted by atomic mass is 10.1. The van der Waals surface area contributed by atoms with E-state index in [1.165, 1.54) is 0 Å². The Bertz CT molecular complexity index is 941. The largest absolute Gasteiger partial charge is 0.497 e. The lowest BCUT2D eigenvalue weighted by molar-refractivity contribution is -0.133. The van der Waals surface area contributed by atoms with Crippen LogP contribution in [-0.2, 0) is 22.5 Å². The molecule has 1 saturated carbocycles. The molecule has 1 aromatic carbocycles. The Labute approximate surface area is 175 Å². The second kappa shape index (κ2) is 8.10. The summed E-state index contributed by atoms with van der Waals surface area (Å²) >= 11 is 0. The molecule has 2 fully saturated rings. The molecule has 30 heavy (non-hydrogen) atoms. The van der Waals surface area contributed by atoms with Crippen LogP contribution in [0.5, 0.6) is 17.4 Å². The molecule has 0 radical (unpaired) electrons. The molecule has 0 unspecified atom stereocenters. The molecule has 2 aliphatic heterocycles. The van der Waals surface area contributed by atoms with Gasteiger partial charge in [-0.05, 0) is 25.0 Å².